The number of phenolic OH excluding ortho intramolecular Hbond substituents is 2. The van der Waals surface area contributed by atoms with E-state index in [1.165, 1.54) is 0 Å². The third-order valence-corrected chi connectivity index (χ3v) is 5.28. The van der Waals surface area contributed by atoms with Crippen LogP contribution >= 0.6 is 31.9 Å². The van der Waals surface area contributed by atoms with Gasteiger partial charge in [0.05, 0.1) is 4.47 Å². The molecule has 0 bridgehead atoms. The van der Waals surface area contributed by atoms with Crippen LogP contribution < -0.4 is 0 Å². The van der Waals surface area contributed by atoms with Crippen LogP contribution in [0.3, 0.4) is 0 Å². The lowest BCUT2D eigenvalue weighted by Crippen LogP contribution is -1.99. The van der Waals surface area contributed by atoms with Gasteiger partial charge in [-0.05, 0) is 63.1 Å². The maximum atomic E-state index is 10.1. The number of unbranched alkanes of at least 4 members (excludes halogenated alkanes) is 2. The minimum absolute atomic E-state index is 0.0321. The molecule has 102 valence electrons. The molecular formula is C14H20Br2O2. The fraction of sp³-hybridized carbons (Fsp3) is 0.571. The zero-order valence-electron chi connectivity index (χ0n) is 10.9. The summed E-state index contributed by atoms with van der Waals surface area (Å²) in [5.41, 5.74) is 2.00. The summed E-state index contributed by atoms with van der Waals surface area (Å²) >= 11 is 6.84. The highest BCUT2D eigenvalue weighted by atomic mass is 79.9. The van der Waals surface area contributed by atoms with Crippen molar-refractivity contribution < 1.29 is 10.2 Å². The lowest BCUT2D eigenvalue weighted by Gasteiger charge is -2.16. The Balaban J connectivity index is 3.24. The lowest BCUT2D eigenvalue weighted by molar-refractivity contribution is 0.395. The van der Waals surface area contributed by atoms with E-state index in [0.29, 0.717) is 4.47 Å². The van der Waals surface area contributed by atoms with E-state index in [2.05, 4.69) is 45.7 Å². The maximum Gasteiger partial charge on any atom is 0.173 e. The predicted octanol–water partition coefficient (Wildman–Crippen LogP) is 5.31. The van der Waals surface area contributed by atoms with Crippen LogP contribution in [0.2, 0.25) is 0 Å². The molecule has 0 amide bonds. The van der Waals surface area contributed by atoms with Crippen LogP contribution in [-0.2, 0) is 12.8 Å². The van der Waals surface area contributed by atoms with E-state index in [1.807, 2.05) is 0 Å². The molecule has 2 nitrogen and oxygen atoms in total. The van der Waals surface area contributed by atoms with Crippen LogP contribution in [0.4, 0.5) is 0 Å². The first-order valence-corrected chi connectivity index (χ1v) is 8.03. The summed E-state index contributed by atoms with van der Waals surface area (Å²) in [5.74, 6) is -0.0298. The van der Waals surface area contributed by atoms with E-state index in [1.54, 1.807) is 0 Å². The normalized spacial score (nSPS) is 10.9. The quantitative estimate of drug-likeness (QED) is 0.657. The van der Waals surface area contributed by atoms with Crippen molar-refractivity contribution >= 4 is 31.9 Å². The first-order chi connectivity index (χ1) is 8.54. The van der Waals surface area contributed by atoms with Crippen LogP contribution in [0.1, 0.15) is 50.7 Å². The zero-order chi connectivity index (χ0) is 13.7. The highest BCUT2D eigenvalue weighted by Gasteiger charge is 2.20. The number of aromatic hydroxyl groups is 2. The smallest absolute Gasteiger partial charge is 0.173 e. The lowest BCUT2D eigenvalue weighted by atomic mass is 9.96. The molecule has 0 aliphatic carbocycles. The van der Waals surface area contributed by atoms with Crippen molar-refractivity contribution in [2.45, 2.75) is 52.4 Å². The largest absolute Gasteiger partial charge is 0.504 e. The van der Waals surface area contributed by atoms with Gasteiger partial charge in [0, 0.05) is 10.0 Å². The molecule has 0 saturated carbocycles. The van der Waals surface area contributed by atoms with Crippen LogP contribution in [0.15, 0.2) is 8.95 Å². The Hall–Kier alpha value is -0.220. The second-order valence-electron chi connectivity index (χ2n) is 4.49. The molecule has 0 heterocycles. The molecule has 0 aliphatic rings. The minimum Gasteiger partial charge on any atom is -0.504 e. The van der Waals surface area contributed by atoms with Crippen molar-refractivity contribution in [1.82, 2.24) is 0 Å². The third kappa shape index (κ3) is 3.41. The summed E-state index contributed by atoms with van der Waals surface area (Å²) in [6.07, 6.45) is 6.00. The molecule has 2 N–H and O–H groups in total. The van der Waals surface area contributed by atoms with Crippen LogP contribution in [0.5, 0.6) is 11.5 Å². The van der Waals surface area contributed by atoms with Crippen molar-refractivity contribution in [3.8, 4) is 11.5 Å². The number of hydrogen-bond donors (Lipinski definition) is 2. The van der Waals surface area contributed by atoms with Gasteiger partial charge in [0.15, 0.2) is 11.5 Å². The van der Waals surface area contributed by atoms with Gasteiger partial charge in [-0.2, -0.15) is 0 Å². The highest BCUT2D eigenvalue weighted by Crippen LogP contribution is 2.45. The Morgan fingerprint density at radius 2 is 1.28 bits per heavy atom. The number of benzene rings is 1. The molecule has 0 saturated heterocycles. The molecule has 0 atom stereocenters. The molecule has 0 aromatic heterocycles. The van der Waals surface area contributed by atoms with Crippen molar-refractivity contribution in [3.63, 3.8) is 0 Å². The Labute approximate surface area is 126 Å². The van der Waals surface area contributed by atoms with E-state index < -0.39 is 0 Å². The van der Waals surface area contributed by atoms with Gasteiger partial charge in [0.2, 0.25) is 0 Å². The van der Waals surface area contributed by atoms with Crippen LogP contribution in [0.25, 0.3) is 0 Å². The topological polar surface area (TPSA) is 40.5 Å². The molecule has 0 unspecified atom stereocenters. The van der Waals surface area contributed by atoms with E-state index >= 15 is 0 Å². The van der Waals surface area contributed by atoms with Gasteiger partial charge in [-0.3, -0.25) is 0 Å². The second kappa shape index (κ2) is 7.39. The fourth-order valence-corrected chi connectivity index (χ4v) is 3.05. The fourth-order valence-electron chi connectivity index (χ4n) is 2.00. The summed E-state index contributed by atoms with van der Waals surface area (Å²) in [5, 5.41) is 20.0. The van der Waals surface area contributed by atoms with E-state index in [0.717, 1.165) is 54.1 Å². The second-order valence-corrected chi connectivity index (χ2v) is 6.08. The van der Waals surface area contributed by atoms with E-state index in [-0.39, 0.29) is 11.5 Å². The molecule has 0 spiro atoms. The monoisotopic (exact) mass is 378 g/mol. The van der Waals surface area contributed by atoms with Gasteiger partial charge in [-0.1, -0.05) is 26.7 Å². The Kier molecular flexibility index (Phi) is 6.50. The molecule has 1 aromatic rings. The number of phenols is 2. The summed E-state index contributed by atoms with van der Waals surface area (Å²) in [6.45, 7) is 4.27. The Morgan fingerprint density at radius 1 is 0.778 bits per heavy atom. The molecule has 0 aliphatic heterocycles. The van der Waals surface area contributed by atoms with Gasteiger partial charge in [-0.25, -0.2) is 0 Å². The Morgan fingerprint density at radius 3 is 1.78 bits per heavy atom. The summed E-state index contributed by atoms with van der Waals surface area (Å²) in [7, 11) is 0. The highest BCUT2D eigenvalue weighted by molar-refractivity contribution is 9.13. The first-order valence-electron chi connectivity index (χ1n) is 6.45. The van der Waals surface area contributed by atoms with Gasteiger partial charge < -0.3 is 10.2 Å². The van der Waals surface area contributed by atoms with Crippen molar-refractivity contribution in [2.75, 3.05) is 0 Å². The third-order valence-electron chi connectivity index (χ3n) is 3.10. The summed E-state index contributed by atoms with van der Waals surface area (Å²) in [4.78, 5) is 0. The van der Waals surface area contributed by atoms with Crippen molar-refractivity contribution in [2.24, 2.45) is 0 Å². The molecule has 18 heavy (non-hydrogen) atoms. The van der Waals surface area contributed by atoms with E-state index in [4.69, 9.17) is 0 Å². The molecule has 4 heteroatoms. The molecule has 1 aromatic carbocycles. The first kappa shape index (κ1) is 15.8. The van der Waals surface area contributed by atoms with Crippen LogP contribution in [-0.4, -0.2) is 10.2 Å². The standard InChI is InChI=1S/C14H20Br2O2/c1-3-5-7-9-10(8-6-4-2)13(17)14(18)12(16)11(9)15/h17-18H,3-8H2,1-2H3. The SMILES string of the molecule is CCCCc1c(O)c(O)c(Br)c(Br)c1CCCC. The molecule has 1 rings (SSSR count). The predicted molar refractivity (Wildman–Crippen MR) is 82.4 cm³/mol. The average molecular weight is 380 g/mol. The van der Waals surface area contributed by atoms with Gasteiger partial charge in [-0.15, -0.1) is 0 Å². The summed E-state index contributed by atoms with van der Waals surface area (Å²) in [6, 6.07) is 0. The molecule has 0 radical (unpaired) electrons. The number of hydrogen-bond acceptors (Lipinski definition) is 2. The summed E-state index contributed by atoms with van der Waals surface area (Å²) < 4.78 is 1.42. The van der Waals surface area contributed by atoms with Crippen molar-refractivity contribution in [3.05, 3.63) is 20.1 Å². The van der Waals surface area contributed by atoms with Gasteiger partial charge >= 0.3 is 0 Å². The van der Waals surface area contributed by atoms with Crippen molar-refractivity contribution in [1.29, 1.82) is 0 Å². The molecular weight excluding hydrogens is 360 g/mol. The number of rotatable bonds is 6. The minimum atomic E-state index is -0.0618. The maximum absolute atomic E-state index is 10.1. The van der Waals surface area contributed by atoms with Gasteiger partial charge in [0.25, 0.3) is 0 Å². The Bertz CT molecular complexity index is 378. The van der Waals surface area contributed by atoms with Gasteiger partial charge in [0.1, 0.15) is 0 Å². The number of halogens is 2. The van der Waals surface area contributed by atoms with Crippen LogP contribution in [0, 0.1) is 0 Å². The zero-order valence-corrected chi connectivity index (χ0v) is 14.1. The van der Waals surface area contributed by atoms with E-state index in [9.17, 15) is 10.2 Å². The molecule has 0 fully saturated rings. The average Bonchev–Trinajstić information content (AvgIpc) is 2.38.